The zero-order chi connectivity index (χ0) is 12.8. The summed E-state index contributed by atoms with van der Waals surface area (Å²) < 4.78 is 4.56. The molecule has 0 N–H and O–H groups in total. The summed E-state index contributed by atoms with van der Waals surface area (Å²) in [5.41, 5.74) is 0.617. The van der Waals surface area contributed by atoms with Gasteiger partial charge in [-0.25, -0.2) is 0 Å². The van der Waals surface area contributed by atoms with Gasteiger partial charge in [0.05, 0.1) is 7.11 Å². The zero-order valence-electron chi connectivity index (χ0n) is 9.90. The van der Waals surface area contributed by atoms with Crippen LogP contribution in [0.25, 0.3) is 0 Å². The lowest BCUT2D eigenvalue weighted by atomic mass is 9.97. The van der Waals surface area contributed by atoms with E-state index in [1.165, 1.54) is 7.11 Å². The number of ketones is 1. The molecule has 3 nitrogen and oxygen atoms in total. The lowest BCUT2D eigenvalue weighted by Crippen LogP contribution is -2.11. The topological polar surface area (TPSA) is 43.4 Å². The van der Waals surface area contributed by atoms with Gasteiger partial charge >= 0.3 is 5.97 Å². The van der Waals surface area contributed by atoms with Crippen LogP contribution in [-0.2, 0) is 9.53 Å². The van der Waals surface area contributed by atoms with Crippen molar-refractivity contribution in [2.45, 2.75) is 19.8 Å². The summed E-state index contributed by atoms with van der Waals surface area (Å²) in [5, 5.41) is 0.601. The predicted octanol–water partition coefficient (Wildman–Crippen LogP) is 3.11. The molecule has 1 atom stereocenters. The number of hydrogen-bond acceptors (Lipinski definition) is 3. The fourth-order valence-electron chi connectivity index (χ4n) is 1.51. The van der Waals surface area contributed by atoms with E-state index < -0.39 is 0 Å². The van der Waals surface area contributed by atoms with Crippen LogP contribution in [0.1, 0.15) is 30.1 Å². The molecule has 92 valence electrons. The molecule has 0 bridgehead atoms. The Balaban J connectivity index is 2.54. The maximum atomic E-state index is 11.8. The number of methoxy groups -OCH3 is 1. The zero-order valence-corrected chi connectivity index (χ0v) is 10.7. The largest absolute Gasteiger partial charge is 0.469 e. The van der Waals surface area contributed by atoms with Gasteiger partial charge in [0, 0.05) is 23.4 Å². The van der Waals surface area contributed by atoms with E-state index in [1.807, 2.05) is 6.92 Å². The molecule has 4 heteroatoms. The Morgan fingerprint density at radius 3 is 2.35 bits per heavy atom. The molecule has 0 amide bonds. The van der Waals surface area contributed by atoms with Crippen LogP contribution in [0.15, 0.2) is 24.3 Å². The summed E-state index contributed by atoms with van der Waals surface area (Å²) in [6.07, 6.45) is 0.590. The van der Waals surface area contributed by atoms with E-state index in [0.29, 0.717) is 17.0 Å². The average Bonchev–Trinajstić information content (AvgIpc) is 2.29. The molecule has 0 saturated carbocycles. The molecule has 0 radical (unpaired) electrons. The third-order valence-electron chi connectivity index (χ3n) is 2.44. The van der Waals surface area contributed by atoms with Gasteiger partial charge < -0.3 is 4.74 Å². The second-order valence-electron chi connectivity index (χ2n) is 4.02. The minimum atomic E-state index is -0.290. The van der Waals surface area contributed by atoms with Crippen molar-refractivity contribution in [2.24, 2.45) is 5.92 Å². The number of esters is 1. The Morgan fingerprint density at radius 2 is 1.82 bits per heavy atom. The van der Waals surface area contributed by atoms with E-state index >= 15 is 0 Å². The van der Waals surface area contributed by atoms with Crippen LogP contribution >= 0.6 is 11.6 Å². The molecule has 0 spiro atoms. The number of carbonyl (C=O) groups excluding carboxylic acids is 2. The first-order chi connectivity index (χ1) is 8.02. The first-order valence-electron chi connectivity index (χ1n) is 5.38. The Bertz CT molecular complexity index is 398. The van der Waals surface area contributed by atoms with Gasteiger partial charge in [0.15, 0.2) is 5.78 Å². The quantitative estimate of drug-likeness (QED) is 0.599. The third-order valence-corrected chi connectivity index (χ3v) is 2.69. The fraction of sp³-hybridized carbons (Fsp3) is 0.385. The highest BCUT2D eigenvalue weighted by atomic mass is 35.5. The number of halogens is 1. The first kappa shape index (κ1) is 13.7. The Hall–Kier alpha value is -1.35. The van der Waals surface area contributed by atoms with Gasteiger partial charge in [-0.3, -0.25) is 9.59 Å². The molecule has 1 aromatic rings. The molecule has 0 aromatic heterocycles. The van der Waals surface area contributed by atoms with E-state index in [9.17, 15) is 9.59 Å². The predicted molar refractivity (Wildman–Crippen MR) is 66.2 cm³/mol. The van der Waals surface area contributed by atoms with Crippen molar-refractivity contribution in [1.29, 1.82) is 0 Å². The second kappa shape index (κ2) is 6.40. The molecule has 0 aliphatic rings. The molecular weight excluding hydrogens is 240 g/mol. The molecule has 0 fully saturated rings. The lowest BCUT2D eigenvalue weighted by Gasteiger charge is -2.08. The maximum absolute atomic E-state index is 11.8. The summed E-state index contributed by atoms with van der Waals surface area (Å²) in [6, 6.07) is 6.74. The highest BCUT2D eigenvalue weighted by Gasteiger charge is 2.14. The SMILES string of the molecule is COC(=O)C[C@H](C)CC(=O)c1ccc(Cl)cc1. The summed E-state index contributed by atoms with van der Waals surface area (Å²) in [4.78, 5) is 22.9. The monoisotopic (exact) mass is 254 g/mol. The normalized spacial score (nSPS) is 11.9. The van der Waals surface area contributed by atoms with Crippen LogP contribution in [-0.4, -0.2) is 18.9 Å². The van der Waals surface area contributed by atoms with Crippen molar-refractivity contribution in [1.82, 2.24) is 0 Å². The number of benzene rings is 1. The smallest absolute Gasteiger partial charge is 0.305 e. The van der Waals surface area contributed by atoms with Gasteiger partial charge in [0.2, 0.25) is 0 Å². The number of ether oxygens (including phenoxy) is 1. The third kappa shape index (κ3) is 4.57. The fourth-order valence-corrected chi connectivity index (χ4v) is 1.64. The van der Waals surface area contributed by atoms with E-state index in [0.717, 1.165) is 0 Å². The summed E-state index contributed by atoms with van der Waals surface area (Å²) in [5.74, 6) is -0.301. The number of Topliss-reactive ketones (excluding diaryl/α,β-unsaturated/α-hetero) is 1. The molecular formula is C13H15ClO3. The molecule has 0 heterocycles. The maximum Gasteiger partial charge on any atom is 0.305 e. The van der Waals surface area contributed by atoms with Crippen LogP contribution in [0.3, 0.4) is 0 Å². The molecule has 17 heavy (non-hydrogen) atoms. The summed E-state index contributed by atoms with van der Waals surface area (Å²) in [6.45, 7) is 1.85. The highest BCUT2D eigenvalue weighted by molar-refractivity contribution is 6.30. The molecule has 1 rings (SSSR count). The van der Waals surface area contributed by atoms with E-state index in [1.54, 1.807) is 24.3 Å². The average molecular weight is 255 g/mol. The van der Waals surface area contributed by atoms with E-state index in [2.05, 4.69) is 4.74 Å². The molecule has 0 saturated heterocycles. The number of rotatable bonds is 5. The van der Waals surface area contributed by atoms with Crippen LogP contribution in [0.5, 0.6) is 0 Å². The van der Waals surface area contributed by atoms with Crippen LogP contribution in [0, 0.1) is 5.92 Å². The van der Waals surface area contributed by atoms with Crippen molar-refractivity contribution >= 4 is 23.4 Å². The first-order valence-corrected chi connectivity index (χ1v) is 5.76. The Kier molecular flexibility index (Phi) is 5.16. The van der Waals surface area contributed by atoms with Gasteiger partial charge in [-0.2, -0.15) is 0 Å². The lowest BCUT2D eigenvalue weighted by molar-refractivity contribution is -0.141. The summed E-state index contributed by atoms with van der Waals surface area (Å²) in [7, 11) is 1.34. The van der Waals surface area contributed by atoms with Crippen molar-refractivity contribution in [2.75, 3.05) is 7.11 Å². The van der Waals surface area contributed by atoms with E-state index in [-0.39, 0.29) is 24.1 Å². The van der Waals surface area contributed by atoms with Gasteiger partial charge in [-0.05, 0) is 30.2 Å². The standard InChI is InChI=1S/C13H15ClO3/c1-9(8-13(16)17-2)7-12(15)10-3-5-11(14)6-4-10/h3-6,9H,7-8H2,1-2H3/t9-/m1/s1. The van der Waals surface area contributed by atoms with Crippen LogP contribution < -0.4 is 0 Å². The molecule has 1 aromatic carbocycles. The second-order valence-corrected chi connectivity index (χ2v) is 4.46. The minimum absolute atomic E-state index is 0.0121. The minimum Gasteiger partial charge on any atom is -0.469 e. The van der Waals surface area contributed by atoms with Gasteiger partial charge in [0.1, 0.15) is 0 Å². The van der Waals surface area contributed by atoms with Gasteiger partial charge in [0.25, 0.3) is 0 Å². The van der Waals surface area contributed by atoms with E-state index in [4.69, 9.17) is 11.6 Å². The number of hydrogen-bond donors (Lipinski definition) is 0. The van der Waals surface area contributed by atoms with Gasteiger partial charge in [-0.15, -0.1) is 0 Å². The summed E-state index contributed by atoms with van der Waals surface area (Å²) >= 11 is 5.74. The Labute approximate surface area is 106 Å². The van der Waals surface area contributed by atoms with Crippen molar-refractivity contribution < 1.29 is 14.3 Å². The molecule has 0 unspecified atom stereocenters. The van der Waals surface area contributed by atoms with Gasteiger partial charge in [-0.1, -0.05) is 18.5 Å². The van der Waals surface area contributed by atoms with Crippen LogP contribution in [0.2, 0.25) is 5.02 Å². The van der Waals surface area contributed by atoms with Crippen molar-refractivity contribution in [3.8, 4) is 0 Å². The number of carbonyl (C=O) groups is 2. The Morgan fingerprint density at radius 1 is 1.24 bits per heavy atom. The highest BCUT2D eigenvalue weighted by Crippen LogP contribution is 2.15. The molecule has 0 aliphatic carbocycles. The van der Waals surface area contributed by atoms with Crippen molar-refractivity contribution in [3.05, 3.63) is 34.9 Å². The molecule has 0 aliphatic heterocycles. The van der Waals surface area contributed by atoms with Crippen LogP contribution in [0.4, 0.5) is 0 Å². The van der Waals surface area contributed by atoms with Crippen molar-refractivity contribution in [3.63, 3.8) is 0 Å².